The molecule has 1 N–H and O–H groups in total. The first kappa shape index (κ1) is 12.2. The molecule has 0 aliphatic rings. The van der Waals surface area contributed by atoms with E-state index in [1.54, 1.807) is 24.3 Å². The maximum Gasteiger partial charge on any atom is 0.444 e. The molecule has 0 spiro atoms. The number of nitrogens with one attached hydrogen (secondary N) is 1. The molecule has 5 heteroatoms. The van der Waals surface area contributed by atoms with Crippen LogP contribution in [0.3, 0.4) is 0 Å². The lowest BCUT2D eigenvalue weighted by atomic mass is 10.3. The summed E-state index contributed by atoms with van der Waals surface area (Å²) in [6, 6.07) is 8.83. The van der Waals surface area contributed by atoms with Crippen LogP contribution in [0.1, 0.15) is 13.8 Å². The number of rotatable bonds is 3. The molecule has 0 fully saturated rings. The number of alkyl halides is 3. The molecule has 0 aliphatic heterocycles. The number of benzene rings is 1. The van der Waals surface area contributed by atoms with Crippen LogP contribution in [0.5, 0.6) is 0 Å². The van der Waals surface area contributed by atoms with Crippen LogP contribution in [0.25, 0.3) is 0 Å². The third-order valence-corrected chi connectivity index (χ3v) is 2.43. The van der Waals surface area contributed by atoms with Gasteiger partial charge in [-0.2, -0.15) is 13.2 Å². The Hall–Kier alpha value is -0.840. The molecule has 0 bridgehead atoms. The van der Waals surface area contributed by atoms with E-state index in [-0.39, 0.29) is 11.8 Å². The second-order valence-electron chi connectivity index (χ2n) is 3.55. The van der Waals surface area contributed by atoms with Gasteiger partial charge in [-0.05, 0) is 37.7 Å². The molecule has 15 heavy (non-hydrogen) atoms. The van der Waals surface area contributed by atoms with Gasteiger partial charge >= 0.3 is 5.51 Å². The topological polar surface area (TPSA) is 12.0 Å². The lowest BCUT2D eigenvalue weighted by Crippen LogP contribution is -2.30. The normalized spacial score (nSPS) is 12.6. The van der Waals surface area contributed by atoms with Gasteiger partial charge in [-0.3, -0.25) is 0 Å². The van der Waals surface area contributed by atoms with Crippen molar-refractivity contribution in [1.82, 2.24) is 0 Å². The average Bonchev–Trinajstić information content (AvgIpc) is 1.99. The van der Waals surface area contributed by atoms with Crippen LogP contribution in [0, 0.1) is 0 Å². The Morgan fingerprint density at radius 1 is 1.07 bits per heavy atom. The van der Waals surface area contributed by atoms with Gasteiger partial charge in [-0.25, -0.2) is 0 Å². The van der Waals surface area contributed by atoms with Crippen molar-refractivity contribution in [3.63, 3.8) is 0 Å². The quantitative estimate of drug-likeness (QED) is 0.792. The number of para-hydroxylation sites is 1. The minimum atomic E-state index is -4.23. The second-order valence-corrected chi connectivity index (χ2v) is 5.24. The summed E-state index contributed by atoms with van der Waals surface area (Å²) >= 11 is -0.0572. The van der Waals surface area contributed by atoms with Crippen molar-refractivity contribution in [1.29, 1.82) is 0 Å². The van der Waals surface area contributed by atoms with Gasteiger partial charge in [0.1, 0.15) is 0 Å². The minimum Gasteiger partial charge on any atom is -0.371 e. The van der Waals surface area contributed by atoms with Crippen LogP contribution < -0.4 is 5.32 Å². The van der Waals surface area contributed by atoms with Crippen molar-refractivity contribution >= 4 is 17.4 Å². The SMILES string of the molecule is CC(C)(Nc1ccccc1)SC(F)(F)F. The molecule has 1 rings (SSSR count). The van der Waals surface area contributed by atoms with E-state index in [0.29, 0.717) is 5.69 Å². The number of hydrogen-bond donors (Lipinski definition) is 1. The number of thioether (sulfide) groups is 1. The average molecular weight is 235 g/mol. The van der Waals surface area contributed by atoms with Crippen molar-refractivity contribution in [2.24, 2.45) is 0 Å². The number of anilines is 1. The molecule has 0 aliphatic carbocycles. The molecule has 1 aromatic carbocycles. The molecule has 0 unspecified atom stereocenters. The van der Waals surface area contributed by atoms with Crippen molar-refractivity contribution in [2.45, 2.75) is 24.2 Å². The summed E-state index contributed by atoms with van der Waals surface area (Å²) in [6.45, 7) is 3.00. The van der Waals surface area contributed by atoms with Crippen molar-refractivity contribution < 1.29 is 13.2 Å². The molecule has 0 saturated heterocycles. The zero-order chi connectivity index (χ0) is 11.5. The zero-order valence-corrected chi connectivity index (χ0v) is 9.25. The molecule has 0 aromatic heterocycles. The molecule has 84 valence electrons. The van der Waals surface area contributed by atoms with Crippen molar-refractivity contribution in [3.8, 4) is 0 Å². The molecule has 0 radical (unpaired) electrons. The molecular formula is C10H12F3NS. The van der Waals surface area contributed by atoms with Gasteiger partial charge in [0, 0.05) is 5.69 Å². The molecular weight excluding hydrogens is 223 g/mol. The summed E-state index contributed by atoms with van der Waals surface area (Å²) in [6.07, 6.45) is 0. The highest BCUT2D eigenvalue weighted by Gasteiger charge is 2.37. The fourth-order valence-corrected chi connectivity index (χ4v) is 1.93. The van der Waals surface area contributed by atoms with E-state index in [2.05, 4.69) is 5.32 Å². The third-order valence-electron chi connectivity index (χ3n) is 1.59. The van der Waals surface area contributed by atoms with Crippen LogP contribution in [-0.2, 0) is 0 Å². The third kappa shape index (κ3) is 4.97. The predicted molar refractivity (Wildman–Crippen MR) is 57.8 cm³/mol. The molecule has 0 amide bonds. The van der Waals surface area contributed by atoms with Crippen LogP contribution >= 0.6 is 11.8 Å². The first-order valence-electron chi connectivity index (χ1n) is 4.39. The number of halogens is 3. The Kier molecular flexibility index (Phi) is 3.54. The van der Waals surface area contributed by atoms with Crippen LogP contribution in [0.4, 0.5) is 18.9 Å². The standard InChI is InChI=1S/C10H12F3NS/c1-9(2,15-10(11,12)13)14-8-6-4-3-5-7-8/h3-7,14H,1-2H3. The van der Waals surface area contributed by atoms with E-state index >= 15 is 0 Å². The summed E-state index contributed by atoms with van der Waals surface area (Å²) in [5.74, 6) is 0. The minimum absolute atomic E-state index is 0.0572. The van der Waals surface area contributed by atoms with Gasteiger partial charge in [-0.1, -0.05) is 18.2 Å². The molecule has 0 heterocycles. The maximum atomic E-state index is 12.2. The molecule has 0 saturated carbocycles. The highest BCUT2D eigenvalue weighted by Crippen LogP contribution is 2.40. The summed E-state index contributed by atoms with van der Waals surface area (Å²) in [5, 5.41) is 2.82. The highest BCUT2D eigenvalue weighted by atomic mass is 32.2. The maximum absolute atomic E-state index is 12.2. The van der Waals surface area contributed by atoms with E-state index in [4.69, 9.17) is 0 Å². The Labute approximate surface area is 91.1 Å². The summed E-state index contributed by atoms with van der Waals surface area (Å²) < 4.78 is 36.5. The van der Waals surface area contributed by atoms with Gasteiger partial charge in [0.05, 0.1) is 4.87 Å². The number of hydrogen-bond acceptors (Lipinski definition) is 2. The summed E-state index contributed by atoms with van der Waals surface area (Å²) in [4.78, 5) is -1.07. The zero-order valence-electron chi connectivity index (χ0n) is 8.43. The van der Waals surface area contributed by atoms with Crippen molar-refractivity contribution in [3.05, 3.63) is 30.3 Å². The Morgan fingerprint density at radius 2 is 1.60 bits per heavy atom. The summed E-state index contributed by atoms with van der Waals surface area (Å²) in [5.41, 5.74) is -3.55. The van der Waals surface area contributed by atoms with Gasteiger partial charge < -0.3 is 5.32 Å². The molecule has 0 atom stereocenters. The largest absolute Gasteiger partial charge is 0.444 e. The molecule has 1 aromatic rings. The summed E-state index contributed by atoms with van der Waals surface area (Å²) in [7, 11) is 0. The monoisotopic (exact) mass is 235 g/mol. The Morgan fingerprint density at radius 3 is 2.07 bits per heavy atom. The lowest BCUT2D eigenvalue weighted by Gasteiger charge is -2.27. The van der Waals surface area contributed by atoms with Crippen LogP contribution in [-0.4, -0.2) is 10.4 Å². The van der Waals surface area contributed by atoms with E-state index in [0.717, 1.165) is 0 Å². The van der Waals surface area contributed by atoms with Gasteiger partial charge in [-0.15, -0.1) is 0 Å². The fourth-order valence-electron chi connectivity index (χ4n) is 1.18. The van der Waals surface area contributed by atoms with E-state index in [1.807, 2.05) is 6.07 Å². The highest BCUT2D eigenvalue weighted by molar-refractivity contribution is 8.01. The fraction of sp³-hybridized carbons (Fsp3) is 0.400. The van der Waals surface area contributed by atoms with Gasteiger partial charge in [0.2, 0.25) is 0 Å². The Balaban J connectivity index is 2.65. The van der Waals surface area contributed by atoms with E-state index in [1.165, 1.54) is 13.8 Å². The first-order valence-corrected chi connectivity index (χ1v) is 5.20. The van der Waals surface area contributed by atoms with Crippen LogP contribution in [0.2, 0.25) is 0 Å². The first-order chi connectivity index (χ1) is 6.79. The van der Waals surface area contributed by atoms with Crippen molar-refractivity contribution in [2.75, 3.05) is 5.32 Å². The predicted octanol–water partition coefficient (Wildman–Crippen LogP) is 4.09. The van der Waals surface area contributed by atoms with Gasteiger partial charge in [0.15, 0.2) is 0 Å². The Bertz CT molecular complexity index is 308. The van der Waals surface area contributed by atoms with Crippen LogP contribution in [0.15, 0.2) is 30.3 Å². The smallest absolute Gasteiger partial charge is 0.371 e. The lowest BCUT2D eigenvalue weighted by molar-refractivity contribution is -0.0338. The van der Waals surface area contributed by atoms with Gasteiger partial charge in [0.25, 0.3) is 0 Å². The second kappa shape index (κ2) is 4.35. The van der Waals surface area contributed by atoms with E-state index < -0.39 is 10.4 Å². The van der Waals surface area contributed by atoms with E-state index in [9.17, 15) is 13.2 Å². The molecule has 1 nitrogen and oxygen atoms in total.